The Morgan fingerprint density at radius 3 is 2.68 bits per heavy atom. The number of hydrogen-bond acceptors (Lipinski definition) is 3. The molecule has 3 aromatic rings. The molecule has 1 aliphatic carbocycles. The molecule has 28 heavy (non-hydrogen) atoms. The number of amides is 1. The number of hydrogen-bond donors (Lipinski definition) is 0. The number of ether oxygens (including phenoxy) is 1. The van der Waals surface area contributed by atoms with Gasteiger partial charge in [0.2, 0.25) is 0 Å². The molecule has 0 saturated heterocycles. The minimum Gasteiger partial charge on any atom is -0.486 e. The highest BCUT2D eigenvalue weighted by molar-refractivity contribution is 5.91. The summed E-state index contributed by atoms with van der Waals surface area (Å²) in [7, 11) is 0. The third kappa shape index (κ3) is 3.31. The Morgan fingerprint density at radius 1 is 0.929 bits per heavy atom. The van der Waals surface area contributed by atoms with Crippen LogP contribution >= 0.6 is 0 Å². The lowest BCUT2D eigenvalue weighted by atomic mass is 10.00. The summed E-state index contributed by atoms with van der Waals surface area (Å²) >= 11 is 0. The molecule has 5 rings (SSSR count). The molecule has 0 spiro atoms. The molecule has 0 radical (unpaired) electrons. The van der Waals surface area contributed by atoms with E-state index in [1.165, 1.54) is 35.1 Å². The zero-order chi connectivity index (χ0) is 18.9. The third-order valence-electron chi connectivity index (χ3n) is 5.74. The van der Waals surface area contributed by atoms with Gasteiger partial charge in [-0.15, -0.1) is 0 Å². The van der Waals surface area contributed by atoms with Gasteiger partial charge >= 0.3 is 0 Å². The van der Waals surface area contributed by atoms with Crippen LogP contribution in [0.3, 0.4) is 0 Å². The van der Waals surface area contributed by atoms with Gasteiger partial charge in [-0.3, -0.25) is 4.79 Å². The number of rotatable bonds is 4. The van der Waals surface area contributed by atoms with Crippen LogP contribution in [0.1, 0.15) is 45.0 Å². The molecule has 0 unspecified atom stereocenters. The van der Waals surface area contributed by atoms with Gasteiger partial charge in [0.15, 0.2) is 5.76 Å². The predicted octanol–water partition coefficient (Wildman–Crippen LogP) is 4.55. The number of carbonyl (C=O) groups is 1. The predicted molar refractivity (Wildman–Crippen MR) is 106 cm³/mol. The average molecular weight is 373 g/mol. The fraction of sp³-hybridized carbons (Fsp3) is 0.292. The minimum absolute atomic E-state index is 0.0571. The Balaban J connectivity index is 1.23. The zero-order valence-electron chi connectivity index (χ0n) is 15.8. The van der Waals surface area contributed by atoms with Gasteiger partial charge in [-0.2, -0.15) is 0 Å². The number of aryl methyl sites for hydroxylation is 2. The summed E-state index contributed by atoms with van der Waals surface area (Å²) in [5.74, 6) is 1.85. The summed E-state index contributed by atoms with van der Waals surface area (Å²) in [5, 5.41) is 0. The van der Waals surface area contributed by atoms with E-state index in [1.807, 2.05) is 23.1 Å². The van der Waals surface area contributed by atoms with Gasteiger partial charge in [-0.25, -0.2) is 0 Å². The van der Waals surface area contributed by atoms with Crippen LogP contribution in [0.4, 0.5) is 0 Å². The van der Waals surface area contributed by atoms with E-state index in [1.54, 1.807) is 6.07 Å². The fourth-order valence-electron chi connectivity index (χ4n) is 4.19. The van der Waals surface area contributed by atoms with E-state index in [4.69, 9.17) is 9.15 Å². The average Bonchev–Trinajstić information content (AvgIpc) is 3.40. The van der Waals surface area contributed by atoms with E-state index < -0.39 is 0 Å². The molecule has 142 valence electrons. The van der Waals surface area contributed by atoms with Crippen molar-refractivity contribution >= 4 is 5.91 Å². The monoisotopic (exact) mass is 373 g/mol. The quantitative estimate of drug-likeness (QED) is 0.674. The van der Waals surface area contributed by atoms with Crippen LogP contribution < -0.4 is 4.74 Å². The van der Waals surface area contributed by atoms with Crippen molar-refractivity contribution in [3.63, 3.8) is 0 Å². The van der Waals surface area contributed by atoms with Crippen molar-refractivity contribution in [1.29, 1.82) is 0 Å². The largest absolute Gasteiger partial charge is 0.486 e. The molecular formula is C24H23NO3. The highest BCUT2D eigenvalue weighted by Gasteiger charge is 2.24. The van der Waals surface area contributed by atoms with Crippen LogP contribution in [0.2, 0.25) is 0 Å². The Morgan fingerprint density at radius 2 is 1.75 bits per heavy atom. The van der Waals surface area contributed by atoms with Crippen molar-refractivity contribution in [2.45, 2.75) is 38.8 Å². The Labute approximate surface area is 164 Å². The second kappa shape index (κ2) is 7.19. The molecule has 2 heterocycles. The van der Waals surface area contributed by atoms with Crippen LogP contribution in [-0.2, 0) is 32.4 Å². The first-order valence-electron chi connectivity index (χ1n) is 9.96. The molecule has 0 saturated carbocycles. The van der Waals surface area contributed by atoms with Gasteiger partial charge in [-0.05, 0) is 72.2 Å². The molecule has 0 atom stereocenters. The molecule has 2 aliphatic rings. The standard InChI is InChI=1S/C24H23NO3/c26-24(25-13-12-18-4-1-2-5-20(18)15-25)23-11-10-22(28-23)16-27-21-9-8-17-6-3-7-19(17)14-21/h1-2,4-5,8-11,14H,3,6-7,12-13,15-16H2. The number of furan rings is 1. The molecule has 4 nitrogen and oxygen atoms in total. The van der Waals surface area contributed by atoms with Crippen molar-refractivity contribution in [1.82, 2.24) is 4.90 Å². The molecule has 1 amide bonds. The molecular weight excluding hydrogens is 350 g/mol. The van der Waals surface area contributed by atoms with E-state index in [9.17, 15) is 4.79 Å². The maximum Gasteiger partial charge on any atom is 0.289 e. The van der Waals surface area contributed by atoms with Crippen molar-refractivity contribution in [2.24, 2.45) is 0 Å². The minimum atomic E-state index is -0.0571. The number of benzene rings is 2. The topological polar surface area (TPSA) is 42.7 Å². The lowest BCUT2D eigenvalue weighted by Gasteiger charge is -2.28. The lowest BCUT2D eigenvalue weighted by molar-refractivity contribution is 0.0698. The van der Waals surface area contributed by atoms with Gasteiger partial charge in [0.05, 0.1) is 0 Å². The van der Waals surface area contributed by atoms with Gasteiger partial charge in [0.1, 0.15) is 18.1 Å². The van der Waals surface area contributed by atoms with Gasteiger partial charge in [0, 0.05) is 13.1 Å². The molecule has 1 aliphatic heterocycles. The first kappa shape index (κ1) is 17.1. The van der Waals surface area contributed by atoms with Gasteiger partial charge < -0.3 is 14.1 Å². The van der Waals surface area contributed by atoms with Crippen molar-refractivity contribution < 1.29 is 13.9 Å². The van der Waals surface area contributed by atoms with E-state index >= 15 is 0 Å². The first-order valence-corrected chi connectivity index (χ1v) is 9.96. The molecule has 4 heteroatoms. The Kier molecular flexibility index (Phi) is 4.40. The van der Waals surface area contributed by atoms with E-state index in [0.29, 0.717) is 24.7 Å². The Hall–Kier alpha value is -3.01. The highest BCUT2D eigenvalue weighted by atomic mass is 16.5. The summed E-state index contributed by atoms with van der Waals surface area (Å²) in [6, 6.07) is 18.2. The molecule has 0 N–H and O–H groups in total. The van der Waals surface area contributed by atoms with Crippen molar-refractivity contribution in [3.8, 4) is 5.75 Å². The maximum atomic E-state index is 12.8. The van der Waals surface area contributed by atoms with Crippen LogP contribution in [0.15, 0.2) is 59.0 Å². The van der Waals surface area contributed by atoms with Crippen LogP contribution in [-0.4, -0.2) is 17.4 Å². The molecule has 2 aromatic carbocycles. The number of fused-ring (bicyclic) bond motifs is 2. The molecule has 0 bridgehead atoms. The summed E-state index contributed by atoms with van der Waals surface area (Å²) in [5.41, 5.74) is 5.36. The van der Waals surface area contributed by atoms with E-state index in [0.717, 1.165) is 25.1 Å². The van der Waals surface area contributed by atoms with Crippen molar-refractivity contribution in [2.75, 3.05) is 6.54 Å². The van der Waals surface area contributed by atoms with Crippen molar-refractivity contribution in [3.05, 3.63) is 88.4 Å². The van der Waals surface area contributed by atoms with Gasteiger partial charge in [-0.1, -0.05) is 30.3 Å². The first-order chi connectivity index (χ1) is 13.8. The SMILES string of the molecule is O=C(c1ccc(COc2ccc3c(c2)CCC3)o1)N1CCc2ccccc2C1. The normalized spacial score (nSPS) is 15.2. The highest BCUT2D eigenvalue weighted by Crippen LogP contribution is 2.27. The Bertz CT molecular complexity index is 1020. The summed E-state index contributed by atoms with van der Waals surface area (Å²) in [4.78, 5) is 14.7. The summed E-state index contributed by atoms with van der Waals surface area (Å²) < 4.78 is 11.7. The second-order valence-electron chi connectivity index (χ2n) is 7.58. The second-order valence-corrected chi connectivity index (χ2v) is 7.58. The lowest BCUT2D eigenvalue weighted by Crippen LogP contribution is -2.35. The summed E-state index contributed by atoms with van der Waals surface area (Å²) in [6.45, 7) is 1.68. The summed E-state index contributed by atoms with van der Waals surface area (Å²) in [6.07, 6.45) is 4.41. The van der Waals surface area contributed by atoms with Crippen LogP contribution in [0, 0.1) is 0 Å². The fourth-order valence-corrected chi connectivity index (χ4v) is 4.19. The van der Waals surface area contributed by atoms with Crippen LogP contribution in [0.5, 0.6) is 5.75 Å². The zero-order valence-corrected chi connectivity index (χ0v) is 15.8. The number of nitrogens with zero attached hydrogens (tertiary/aromatic N) is 1. The van der Waals surface area contributed by atoms with Crippen LogP contribution in [0.25, 0.3) is 0 Å². The van der Waals surface area contributed by atoms with Gasteiger partial charge in [0.25, 0.3) is 5.91 Å². The molecule has 0 fully saturated rings. The molecule has 1 aromatic heterocycles. The maximum absolute atomic E-state index is 12.8. The smallest absolute Gasteiger partial charge is 0.289 e. The van der Waals surface area contributed by atoms with E-state index in [-0.39, 0.29) is 5.91 Å². The number of carbonyl (C=O) groups excluding carboxylic acids is 1. The third-order valence-corrected chi connectivity index (χ3v) is 5.74. The van der Waals surface area contributed by atoms with E-state index in [2.05, 4.69) is 30.3 Å².